The number of aliphatic hydroxyl groups excluding tert-OH is 1. The maximum Gasteiger partial charge on any atom is 0.0623 e. The van der Waals surface area contributed by atoms with E-state index in [1.807, 2.05) is 0 Å². The molecule has 0 aromatic heterocycles. The maximum atomic E-state index is 9.63. The van der Waals surface area contributed by atoms with Crippen LogP contribution in [0.4, 0.5) is 0 Å². The second-order valence-electron chi connectivity index (χ2n) is 6.21. The van der Waals surface area contributed by atoms with Gasteiger partial charge in [0.1, 0.15) is 0 Å². The summed E-state index contributed by atoms with van der Waals surface area (Å²) in [5, 5.41) is 13.1. The zero-order valence-electron chi connectivity index (χ0n) is 12.0. The number of nitrogens with one attached hydrogen (secondary N) is 1. The fourth-order valence-electron chi connectivity index (χ4n) is 3.28. The molecule has 0 aromatic rings. The van der Waals surface area contributed by atoms with Gasteiger partial charge in [-0.3, -0.25) is 9.80 Å². The first-order valence-electron chi connectivity index (χ1n) is 7.49. The van der Waals surface area contributed by atoms with Crippen molar-refractivity contribution in [1.29, 1.82) is 0 Å². The molecule has 2 unspecified atom stereocenters. The third-order valence-corrected chi connectivity index (χ3v) is 4.39. The molecule has 0 radical (unpaired) electrons. The first-order valence-corrected chi connectivity index (χ1v) is 7.49. The number of hydrogen-bond donors (Lipinski definition) is 2. The summed E-state index contributed by atoms with van der Waals surface area (Å²) < 4.78 is 0. The van der Waals surface area contributed by atoms with Crippen LogP contribution in [0.3, 0.4) is 0 Å². The Morgan fingerprint density at radius 2 is 2.17 bits per heavy atom. The second kappa shape index (κ2) is 6.33. The highest BCUT2D eigenvalue weighted by molar-refractivity contribution is 4.92. The lowest BCUT2D eigenvalue weighted by Gasteiger charge is -2.42. The molecule has 0 aliphatic carbocycles. The van der Waals surface area contributed by atoms with Gasteiger partial charge in [-0.2, -0.15) is 0 Å². The Hall–Kier alpha value is -0.160. The van der Waals surface area contributed by atoms with Gasteiger partial charge in [0.2, 0.25) is 0 Å². The lowest BCUT2D eigenvalue weighted by atomic mass is 10.0. The molecule has 4 heteroatoms. The van der Waals surface area contributed by atoms with E-state index >= 15 is 0 Å². The Morgan fingerprint density at radius 1 is 1.33 bits per heavy atom. The van der Waals surface area contributed by atoms with Gasteiger partial charge in [-0.25, -0.2) is 0 Å². The van der Waals surface area contributed by atoms with Gasteiger partial charge in [0, 0.05) is 32.2 Å². The standard InChI is InChI=1S/C14H29N3O/c1-3-6-15-14(2,12-18)11-16-8-9-17-7-4-5-13(17)10-16/h13,15,18H,3-12H2,1-2H3. The minimum absolute atomic E-state index is 0.142. The second-order valence-corrected chi connectivity index (χ2v) is 6.21. The first kappa shape index (κ1) is 14.3. The van der Waals surface area contributed by atoms with E-state index in [4.69, 9.17) is 0 Å². The molecule has 2 N–H and O–H groups in total. The highest BCUT2D eigenvalue weighted by atomic mass is 16.3. The molecule has 0 aromatic carbocycles. The maximum absolute atomic E-state index is 9.63. The van der Waals surface area contributed by atoms with Crippen LogP contribution in [0.2, 0.25) is 0 Å². The molecule has 0 saturated carbocycles. The highest BCUT2D eigenvalue weighted by Crippen LogP contribution is 2.22. The largest absolute Gasteiger partial charge is 0.394 e. The molecular weight excluding hydrogens is 226 g/mol. The van der Waals surface area contributed by atoms with Crippen LogP contribution in [0, 0.1) is 0 Å². The van der Waals surface area contributed by atoms with Crippen LogP contribution in [0.1, 0.15) is 33.1 Å². The fraction of sp³-hybridized carbons (Fsp3) is 1.00. The third-order valence-electron chi connectivity index (χ3n) is 4.39. The van der Waals surface area contributed by atoms with Crippen molar-refractivity contribution in [2.24, 2.45) is 0 Å². The summed E-state index contributed by atoms with van der Waals surface area (Å²) in [5.74, 6) is 0. The van der Waals surface area contributed by atoms with E-state index < -0.39 is 0 Å². The Kier molecular flexibility index (Phi) is 5.01. The molecule has 2 aliphatic rings. The zero-order chi connectivity index (χ0) is 13.0. The van der Waals surface area contributed by atoms with Crippen molar-refractivity contribution in [3.63, 3.8) is 0 Å². The lowest BCUT2D eigenvalue weighted by Crippen LogP contribution is -2.59. The summed E-state index contributed by atoms with van der Waals surface area (Å²) in [4.78, 5) is 5.16. The minimum Gasteiger partial charge on any atom is -0.394 e. The first-order chi connectivity index (χ1) is 8.67. The third kappa shape index (κ3) is 3.44. The van der Waals surface area contributed by atoms with Crippen LogP contribution in [0.5, 0.6) is 0 Å². The molecule has 0 amide bonds. The SMILES string of the molecule is CCCNC(C)(CO)CN1CCN2CCCC2C1. The molecule has 2 heterocycles. The Bertz CT molecular complexity index is 261. The van der Waals surface area contributed by atoms with Crippen LogP contribution in [0.25, 0.3) is 0 Å². The average Bonchev–Trinajstić information content (AvgIpc) is 2.84. The van der Waals surface area contributed by atoms with E-state index in [0.717, 1.165) is 32.1 Å². The lowest BCUT2D eigenvalue weighted by molar-refractivity contribution is 0.0620. The van der Waals surface area contributed by atoms with Crippen molar-refractivity contribution in [1.82, 2.24) is 15.1 Å². The van der Waals surface area contributed by atoms with E-state index in [1.165, 1.54) is 32.5 Å². The Balaban J connectivity index is 1.83. The van der Waals surface area contributed by atoms with Gasteiger partial charge in [-0.15, -0.1) is 0 Å². The van der Waals surface area contributed by atoms with Crippen molar-refractivity contribution in [3.05, 3.63) is 0 Å². The quantitative estimate of drug-likeness (QED) is 0.726. The van der Waals surface area contributed by atoms with Crippen LogP contribution in [-0.2, 0) is 0 Å². The summed E-state index contributed by atoms with van der Waals surface area (Å²) in [6.07, 6.45) is 3.84. The van der Waals surface area contributed by atoms with E-state index in [1.54, 1.807) is 0 Å². The normalized spacial score (nSPS) is 29.2. The summed E-state index contributed by atoms with van der Waals surface area (Å²) in [5.41, 5.74) is -0.142. The predicted molar refractivity (Wildman–Crippen MR) is 74.8 cm³/mol. The summed E-state index contributed by atoms with van der Waals surface area (Å²) in [6, 6.07) is 0.771. The molecule has 2 saturated heterocycles. The van der Waals surface area contributed by atoms with E-state index in [0.29, 0.717) is 0 Å². The topological polar surface area (TPSA) is 38.7 Å². The van der Waals surface area contributed by atoms with Crippen LogP contribution in [-0.4, -0.2) is 72.4 Å². The van der Waals surface area contributed by atoms with Crippen LogP contribution < -0.4 is 5.32 Å². The van der Waals surface area contributed by atoms with Crippen molar-refractivity contribution < 1.29 is 5.11 Å². The van der Waals surface area contributed by atoms with Gasteiger partial charge in [0.15, 0.2) is 0 Å². The van der Waals surface area contributed by atoms with Crippen molar-refractivity contribution in [2.45, 2.75) is 44.7 Å². The van der Waals surface area contributed by atoms with Gasteiger partial charge in [0.05, 0.1) is 12.1 Å². The number of rotatable bonds is 6. The van der Waals surface area contributed by atoms with Crippen LogP contribution in [0.15, 0.2) is 0 Å². The average molecular weight is 255 g/mol. The number of piperazine rings is 1. The van der Waals surface area contributed by atoms with Crippen molar-refractivity contribution in [2.75, 3.05) is 45.9 Å². The fourth-order valence-corrected chi connectivity index (χ4v) is 3.28. The molecule has 2 atom stereocenters. The Morgan fingerprint density at radius 3 is 2.89 bits per heavy atom. The number of nitrogens with zero attached hydrogens (tertiary/aromatic N) is 2. The van der Waals surface area contributed by atoms with Crippen molar-refractivity contribution >= 4 is 0 Å². The van der Waals surface area contributed by atoms with Crippen LogP contribution >= 0.6 is 0 Å². The van der Waals surface area contributed by atoms with Gasteiger partial charge in [-0.05, 0) is 39.3 Å². The molecule has 0 bridgehead atoms. The number of hydrogen-bond acceptors (Lipinski definition) is 4. The van der Waals surface area contributed by atoms with E-state index in [2.05, 4.69) is 29.0 Å². The summed E-state index contributed by atoms with van der Waals surface area (Å²) in [7, 11) is 0. The molecule has 4 nitrogen and oxygen atoms in total. The Labute approximate surface area is 111 Å². The summed E-state index contributed by atoms with van der Waals surface area (Å²) in [6.45, 7) is 11.3. The molecule has 2 rings (SSSR count). The smallest absolute Gasteiger partial charge is 0.0623 e. The molecule has 2 fully saturated rings. The molecular formula is C14H29N3O. The van der Waals surface area contributed by atoms with Crippen molar-refractivity contribution in [3.8, 4) is 0 Å². The van der Waals surface area contributed by atoms with E-state index in [9.17, 15) is 5.11 Å². The number of aliphatic hydroxyl groups is 1. The molecule has 18 heavy (non-hydrogen) atoms. The number of fused-ring (bicyclic) bond motifs is 1. The molecule has 106 valence electrons. The monoisotopic (exact) mass is 255 g/mol. The van der Waals surface area contributed by atoms with Gasteiger partial charge in [-0.1, -0.05) is 6.92 Å². The van der Waals surface area contributed by atoms with Gasteiger partial charge >= 0.3 is 0 Å². The predicted octanol–water partition coefficient (Wildman–Crippen LogP) is 0.517. The highest BCUT2D eigenvalue weighted by Gasteiger charge is 2.33. The van der Waals surface area contributed by atoms with E-state index in [-0.39, 0.29) is 12.1 Å². The minimum atomic E-state index is -0.142. The molecule has 0 spiro atoms. The zero-order valence-corrected chi connectivity index (χ0v) is 12.0. The molecule has 2 aliphatic heterocycles. The van der Waals surface area contributed by atoms with Gasteiger partial charge in [0.25, 0.3) is 0 Å². The summed E-state index contributed by atoms with van der Waals surface area (Å²) >= 11 is 0. The van der Waals surface area contributed by atoms with Gasteiger partial charge < -0.3 is 10.4 Å².